The van der Waals surface area contributed by atoms with Crippen molar-refractivity contribution in [2.45, 2.75) is 13.8 Å². The minimum absolute atomic E-state index is 0.0202. The lowest BCUT2D eigenvalue weighted by atomic mass is 10.0. The van der Waals surface area contributed by atoms with Crippen LogP contribution in [-0.4, -0.2) is 57.5 Å². The van der Waals surface area contributed by atoms with Crippen molar-refractivity contribution in [1.29, 1.82) is 0 Å². The molecule has 0 radical (unpaired) electrons. The molecule has 0 atom stereocenters. The van der Waals surface area contributed by atoms with Gasteiger partial charge in [0.15, 0.2) is 5.82 Å². The number of phenolic OH excluding ortho intramolecular Hbond substituents is 1. The summed E-state index contributed by atoms with van der Waals surface area (Å²) >= 11 is 0. The van der Waals surface area contributed by atoms with Gasteiger partial charge in [0.2, 0.25) is 10.0 Å². The molecule has 12 heteroatoms. The molecular formula is C20H22FN3O6S2. The summed E-state index contributed by atoms with van der Waals surface area (Å²) in [7, 11) is -7.74. The Kier molecular flexibility index (Phi) is 5.42. The molecule has 2 aromatic carbocycles. The third-order valence-electron chi connectivity index (χ3n) is 5.30. The van der Waals surface area contributed by atoms with Crippen LogP contribution in [0.4, 0.5) is 10.1 Å². The van der Waals surface area contributed by atoms with Gasteiger partial charge < -0.3 is 5.11 Å². The van der Waals surface area contributed by atoms with Gasteiger partial charge in [0.05, 0.1) is 5.75 Å². The molecule has 0 aliphatic carbocycles. The number of anilines is 1. The van der Waals surface area contributed by atoms with Gasteiger partial charge in [0, 0.05) is 18.5 Å². The van der Waals surface area contributed by atoms with Gasteiger partial charge in [-0.1, -0.05) is 32.1 Å². The van der Waals surface area contributed by atoms with Crippen LogP contribution in [0, 0.1) is 11.7 Å². The number of carbonyl (C=O) groups excluding carboxylic acids is 1. The van der Waals surface area contributed by atoms with Crippen LogP contribution < -0.4 is 9.03 Å². The third-order valence-corrected chi connectivity index (χ3v) is 8.83. The van der Waals surface area contributed by atoms with E-state index in [9.17, 15) is 26.7 Å². The quantitative estimate of drug-likeness (QED) is 0.665. The highest BCUT2D eigenvalue weighted by atomic mass is 32.2. The van der Waals surface area contributed by atoms with Crippen LogP contribution in [0.1, 0.15) is 19.4 Å². The van der Waals surface area contributed by atoms with E-state index in [0.29, 0.717) is 20.8 Å². The Morgan fingerprint density at radius 3 is 2.56 bits per heavy atom. The zero-order valence-corrected chi connectivity index (χ0v) is 19.0. The first-order chi connectivity index (χ1) is 14.9. The summed E-state index contributed by atoms with van der Waals surface area (Å²) in [5.41, 5.74) is 0.655. The maximum Gasteiger partial charge on any atom is 0.326 e. The lowest BCUT2D eigenvalue weighted by Crippen LogP contribution is -2.32. The normalized spacial score (nSPS) is 19.1. The number of amides is 1. The number of benzene rings is 2. The van der Waals surface area contributed by atoms with Gasteiger partial charge in [-0.2, -0.15) is 12.7 Å². The molecule has 0 aromatic heterocycles. The topological polar surface area (TPSA) is 124 Å². The first-order valence-electron chi connectivity index (χ1n) is 9.85. The Bertz CT molecular complexity index is 1370. The van der Waals surface area contributed by atoms with Gasteiger partial charge in [0.25, 0.3) is 5.91 Å². The molecule has 0 saturated carbocycles. The molecule has 2 aromatic rings. The van der Waals surface area contributed by atoms with Crippen LogP contribution in [0.5, 0.6) is 5.75 Å². The molecule has 0 unspecified atom stereocenters. The molecule has 1 saturated heterocycles. The zero-order valence-electron chi connectivity index (χ0n) is 17.4. The molecule has 2 heterocycles. The van der Waals surface area contributed by atoms with Crippen molar-refractivity contribution in [2.75, 3.05) is 29.7 Å². The number of rotatable bonds is 5. The molecule has 2 aliphatic heterocycles. The van der Waals surface area contributed by atoms with Crippen LogP contribution in [0.25, 0.3) is 16.3 Å². The van der Waals surface area contributed by atoms with Crippen molar-refractivity contribution in [2.24, 2.45) is 5.92 Å². The average molecular weight is 484 g/mol. The number of hydrogen-bond donors (Lipinski definition) is 2. The van der Waals surface area contributed by atoms with Crippen LogP contribution in [-0.2, 0) is 25.0 Å². The smallest absolute Gasteiger partial charge is 0.326 e. The SMILES string of the molecule is CC(C)CS(=O)(=O)N1CC=C(c2ccc3cc(O)c(N4CC(=O)NS4(=O)=O)c(F)c3c2)C1. The second-order valence-corrected chi connectivity index (χ2v) is 11.8. The monoisotopic (exact) mass is 483 g/mol. The van der Waals surface area contributed by atoms with Crippen LogP contribution in [0.15, 0.2) is 30.3 Å². The van der Waals surface area contributed by atoms with Crippen molar-refractivity contribution < 1.29 is 31.1 Å². The molecular weight excluding hydrogens is 461 g/mol. The summed E-state index contributed by atoms with van der Waals surface area (Å²) in [4.78, 5) is 11.5. The van der Waals surface area contributed by atoms with E-state index in [1.807, 2.05) is 13.8 Å². The van der Waals surface area contributed by atoms with Gasteiger partial charge in [-0.3, -0.25) is 4.79 Å². The largest absolute Gasteiger partial charge is 0.506 e. The molecule has 4 rings (SSSR count). The van der Waals surface area contributed by atoms with Crippen molar-refractivity contribution in [3.8, 4) is 5.75 Å². The molecule has 1 fully saturated rings. The number of phenols is 1. The molecule has 0 bridgehead atoms. The lowest BCUT2D eigenvalue weighted by molar-refractivity contribution is -0.117. The maximum atomic E-state index is 15.4. The number of halogens is 1. The molecule has 0 spiro atoms. The average Bonchev–Trinajstić information content (AvgIpc) is 3.26. The molecule has 172 valence electrons. The van der Waals surface area contributed by atoms with E-state index in [4.69, 9.17) is 0 Å². The first kappa shape index (κ1) is 22.5. The Hall–Kier alpha value is -2.70. The fourth-order valence-electron chi connectivity index (χ4n) is 3.89. The number of sulfonamides is 1. The Labute approximate surface area is 185 Å². The van der Waals surface area contributed by atoms with E-state index in [1.54, 1.807) is 22.9 Å². The highest BCUT2D eigenvalue weighted by Gasteiger charge is 2.38. The third kappa shape index (κ3) is 3.93. The number of nitrogens with one attached hydrogen (secondary N) is 1. The van der Waals surface area contributed by atoms with Crippen LogP contribution in [0.3, 0.4) is 0 Å². The summed E-state index contributed by atoms with van der Waals surface area (Å²) in [6, 6.07) is 5.95. The van der Waals surface area contributed by atoms with E-state index < -0.39 is 49.9 Å². The fraction of sp³-hybridized carbons (Fsp3) is 0.350. The van der Waals surface area contributed by atoms with Crippen LogP contribution in [0.2, 0.25) is 0 Å². The number of hydrogen-bond acceptors (Lipinski definition) is 6. The summed E-state index contributed by atoms with van der Waals surface area (Å²) < 4.78 is 68.3. The summed E-state index contributed by atoms with van der Waals surface area (Å²) in [6.45, 7) is 3.36. The molecule has 1 amide bonds. The number of aromatic hydroxyl groups is 1. The van der Waals surface area contributed by atoms with Crippen molar-refractivity contribution in [3.05, 3.63) is 41.7 Å². The number of carbonyl (C=O) groups is 1. The molecule has 2 aliphatic rings. The summed E-state index contributed by atoms with van der Waals surface area (Å²) in [6.07, 6.45) is 1.76. The second-order valence-electron chi connectivity index (χ2n) is 8.23. The molecule has 32 heavy (non-hydrogen) atoms. The van der Waals surface area contributed by atoms with Gasteiger partial charge >= 0.3 is 10.2 Å². The lowest BCUT2D eigenvalue weighted by Gasteiger charge is -2.19. The number of fused-ring (bicyclic) bond motifs is 1. The van der Waals surface area contributed by atoms with E-state index in [1.165, 1.54) is 16.4 Å². The Morgan fingerprint density at radius 2 is 1.94 bits per heavy atom. The van der Waals surface area contributed by atoms with E-state index in [2.05, 4.69) is 0 Å². The second kappa shape index (κ2) is 7.71. The maximum absolute atomic E-state index is 15.4. The van der Waals surface area contributed by atoms with E-state index in [-0.39, 0.29) is 30.1 Å². The zero-order chi connectivity index (χ0) is 23.4. The fourth-order valence-corrected chi connectivity index (χ4v) is 6.74. The highest BCUT2D eigenvalue weighted by Crippen LogP contribution is 2.39. The van der Waals surface area contributed by atoms with E-state index >= 15 is 4.39 Å². The first-order valence-corrected chi connectivity index (χ1v) is 12.9. The van der Waals surface area contributed by atoms with Crippen LogP contribution >= 0.6 is 0 Å². The molecule has 9 nitrogen and oxygen atoms in total. The highest BCUT2D eigenvalue weighted by molar-refractivity contribution is 7.92. The summed E-state index contributed by atoms with van der Waals surface area (Å²) in [5.74, 6) is -2.44. The molecule has 2 N–H and O–H groups in total. The van der Waals surface area contributed by atoms with Crippen molar-refractivity contribution in [3.63, 3.8) is 0 Å². The Morgan fingerprint density at radius 1 is 1.22 bits per heavy atom. The Balaban J connectivity index is 1.72. The van der Waals surface area contributed by atoms with Crippen molar-refractivity contribution >= 4 is 48.2 Å². The van der Waals surface area contributed by atoms with Gasteiger partial charge in [-0.15, -0.1) is 0 Å². The standard InChI is InChI=1S/C20H22FN3O6S2/c1-12(2)11-31(27,28)23-6-5-15(9-23)13-3-4-14-8-17(25)20(19(21)16(14)7-13)24-10-18(26)22-32(24,29)30/h3-5,7-8,12,25H,6,9-11H2,1-2H3,(H,22,26). The van der Waals surface area contributed by atoms with Gasteiger partial charge in [-0.05, 0) is 34.6 Å². The minimum Gasteiger partial charge on any atom is -0.506 e. The predicted octanol–water partition coefficient (Wildman–Crippen LogP) is 1.55. The van der Waals surface area contributed by atoms with E-state index in [0.717, 1.165) is 0 Å². The van der Waals surface area contributed by atoms with Gasteiger partial charge in [0.1, 0.15) is 18.0 Å². The van der Waals surface area contributed by atoms with Gasteiger partial charge in [-0.25, -0.2) is 21.8 Å². The van der Waals surface area contributed by atoms with Crippen molar-refractivity contribution in [1.82, 2.24) is 9.03 Å². The number of nitrogens with zero attached hydrogens (tertiary/aromatic N) is 2. The predicted molar refractivity (Wildman–Crippen MR) is 118 cm³/mol. The minimum atomic E-state index is -4.31. The summed E-state index contributed by atoms with van der Waals surface area (Å²) in [5, 5.41) is 10.6.